The van der Waals surface area contributed by atoms with Crippen LogP contribution in [-0.2, 0) is 16.1 Å². The molecular formula is C22H26ClFN2O3. The Labute approximate surface area is 175 Å². The molecule has 0 fully saturated rings. The number of benzene rings is 2. The van der Waals surface area contributed by atoms with Crippen LogP contribution in [0.1, 0.15) is 26.3 Å². The number of halogens is 2. The molecule has 0 aromatic heterocycles. The fourth-order valence-corrected chi connectivity index (χ4v) is 2.79. The van der Waals surface area contributed by atoms with Gasteiger partial charge < -0.3 is 15.0 Å². The van der Waals surface area contributed by atoms with Crippen LogP contribution in [0.4, 0.5) is 4.39 Å². The molecule has 1 atom stereocenters. The molecule has 0 bridgehead atoms. The Morgan fingerprint density at radius 3 is 2.45 bits per heavy atom. The maximum absolute atomic E-state index is 13.2. The molecule has 0 radical (unpaired) electrons. The zero-order valence-electron chi connectivity index (χ0n) is 16.8. The van der Waals surface area contributed by atoms with Crippen LogP contribution in [0, 0.1) is 11.7 Å². The number of carbonyl (C=O) groups excluding carboxylic acids is 2. The van der Waals surface area contributed by atoms with Gasteiger partial charge in [0.2, 0.25) is 5.91 Å². The molecule has 1 N–H and O–H groups in total. The van der Waals surface area contributed by atoms with E-state index >= 15 is 0 Å². The molecule has 2 aromatic rings. The lowest BCUT2D eigenvalue weighted by Gasteiger charge is -2.29. The van der Waals surface area contributed by atoms with Crippen LogP contribution in [0.2, 0.25) is 5.02 Å². The SMILES string of the molecule is CC(C)CNC(=O)C(C)N(Cc1ccc(F)cc1)C(=O)COc1cccc(Cl)c1. The third kappa shape index (κ3) is 7.38. The standard InChI is InChI=1S/C22H26ClFN2O3/c1-15(2)12-25-22(28)16(3)26(13-17-7-9-19(24)10-8-17)21(27)14-29-20-6-4-5-18(23)11-20/h4-11,15-16H,12-14H2,1-3H3,(H,25,28). The van der Waals surface area contributed by atoms with Gasteiger partial charge in [-0.3, -0.25) is 9.59 Å². The van der Waals surface area contributed by atoms with Crippen LogP contribution in [0.15, 0.2) is 48.5 Å². The van der Waals surface area contributed by atoms with Gasteiger partial charge in [-0.1, -0.05) is 43.6 Å². The Balaban J connectivity index is 2.12. The van der Waals surface area contributed by atoms with Crippen molar-refractivity contribution in [2.45, 2.75) is 33.4 Å². The van der Waals surface area contributed by atoms with E-state index in [1.165, 1.54) is 17.0 Å². The van der Waals surface area contributed by atoms with Gasteiger partial charge >= 0.3 is 0 Å². The molecule has 0 aliphatic rings. The van der Waals surface area contributed by atoms with Crippen LogP contribution < -0.4 is 10.1 Å². The average molecular weight is 421 g/mol. The third-order valence-electron chi connectivity index (χ3n) is 4.28. The predicted octanol–water partition coefficient (Wildman–Crippen LogP) is 4.05. The van der Waals surface area contributed by atoms with Crippen LogP contribution in [-0.4, -0.2) is 35.9 Å². The minimum absolute atomic E-state index is 0.161. The van der Waals surface area contributed by atoms with Crippen LogP contribution >= 0.6 is 11.6 Å². The second-order valence-electron chi connectivity index (χ2n) is 7.21. The lowest BCUT2D eigenvalue weighted by Crippen LogP contribution is -2.49. The molecule has 7 heteroatoms. The summed E-state index contributed by atoms with van der Waals surface area (Å²) in [6.45, 7) is 6.07. The van der Waals surface area contributed by atoms with Crippen LogP contribution in [0.5, 0.6) is 5.75 Å². The van der Waals surface area contributed by atoms with E-state index in [9.17, 15) is 14.0 Å². The minimum Gasteiger partial charge on any atom is -0.484 e. The number of nitrogens with one attached hydrogen (secondary N) is 1. The number of nitrogens with zero attached hydrogens (tertiary/aromatic N) is 1. The van der Waals surface area contributed by atoms with Gasteiger partial charge in [-0.2, -0.15) is 0 Å². The molecule has 1 unspecified atom stereocenters. The van der Waals surface area contributed by atoms with E-state index in [4.69, 9.17) is 16.3 Å². The van der Waals surface area contributed by atoms with E-state index in [1.54, 1.807) is 43.3 Å². The number of hydrogen-bond acceptors (Lipinski definition) is 3. The number of ether oxygens (including phenoxy) is 1. The Bertz CT molecular complexity index is 827. The van der Waals surface area contributed by atoms with Crippen molar-refractivity contribution in [1.82, 2.24) is 10.2 Å². The number of hydrogen-bond donors (Lipinski definition) is 1. The molecule has 0 aliphatic carbocycles. The largest absolute Gasteiger partial charge is 0.484 e. The molecule has 0 aliphatic heterocycles. The summed E-state index contributed by atoms with van der Waals surface area (Å²) in [6.07, 6.45) is 0. The van der Waals surface area contributed by atoms with Crippen LogP contribution in [0.3, 0.4) is 0 Å². The average Bonchev–Trinajstić information content (AvgIpc) is 2.69. The summed E-state index contributed by atoms with van der Waals surface area (Å²) in [5, 5.41) is 3.34. The van der Waals surface area contributed by atoms with Gasteiger partial charge in [0, 0.05) is 18.1 Å². The summed E-state index contributed by atoms with van der Waals surface area (Å²) >= 11 is 5.94. The Morgan fingerprint density at radius 2 is 1.83 bits per heavy atom. The number of amides is 2. The van der Waals surface area contributed by atoms with Crippen molar-refractivity contribution in [2.75, 3.05) is 13.2 Å². The second-order valence-corrected chi connectivity index (χ2v) is 7.65. The summed E-state index contributed by atoms with van der Waals surface area (Å²) < 4.78 is 18.8. The fourth-order valence-electron chi connectivity index (χ4n) is 2.61. The van der Waals surface area contributed by atoms with Crippen molar-refractivity contribution in [1.29, 1.82) is 0 Å². The first-order chi connectivity index (χ1) is 13.8. The quantitative estimate of drug-likeness (QED) is 0.665. The van der Waals surface area contributed by atoms with Crippen molar-refractivity contribution in [3.05, 3.63) is 64.9 Å². The van der Waals surface area contributed by atoms with Gasteiger partial charge in [-0.05, 0) is 48.7 Å². The molecule has 2 amide bonds. The topological polar surface area (TPSA) is 58.6 Å². The highest BCUT2D eigenvalue weighted by Gasteiger charge is 2.26. The third-order valence-corrected chi connectivity index (χ3v) is 4.51. The van der Waals surface area contributed by atoms with Crippen LogP contribution in [0.25, 0.3) is 0 Å². The molecule has 0 saturated heterocycles. The van der Waals surface area contributed by atoms with Crippen molar-refractivity contribution in [3.8, 4) is 5.75 Å². The van der Waals surface area contributed by atoms with E-state index in [1.807, 2.05) is 13.8 Å². The van der Waals surface area contributed by atoms with Gasteiger partial charge in [0.1, 0.15) is 17.6 Å². The molecule has 2 aromatic carbocycles. The molecule has 0 heterocycles. The normalized spacial score (nSPS) is 11.8. The summed E-state index contributed by atoms with van der Waals surface area (Å²) in [6, 6.07) is 11.8. The van der Waals surface area contributed by atoms with Crippen molar-refractivity contribution in [2.24, 2.45) is 5.92 Å². The van der Waals surface area contributed by atoms with E-state index in [0.717, 1.165) is 0 Å². The Kier molecular flexibility index (Phi) is 8.46. The zero-order chi connectivity index (χ0) is 21.4. The van der Waals surface area contributed by atoms with Gasteiger partial charge in [0.05, 0.1) is 0 Å². The molecule has 0 spiro atoms. The zero-order valence-corrected chi connectivity index (χ0v) is 17.6. The molecule has 5 nitrogen and oxygen atoms in total. The first-order valence-electron chi connectivity index (χ1n) is 9.46. The van der Waals surface area contributed by atoms with Crippen molar-refractivity contribution >= 4 is 23.4 Å². The molecular weight excluding hydrogens is 395 g/mol. The second kappa shape index (κ2) is 10.8. The first-order valence-corrected chi connectivity index (χ1v) is 9.84. The summed E-state index contributed by atoms with van der Waals surface area (Å²) in [7, 11) is 0. The number of carbonyl (C=O) groups is 2. The molecule has 2 rings (SSSR count). The lowest BCUT2D eigenvalue weighted by atomic mass is 10.1. The summed E-state index contributed by atoms with van der Waals surface area (Å²) in [5.41, 5.74) is 0.714. The van der Waals surface area contributed by atoms with E-state index in [2.05, 4.69) is 5.32 Å². The predicted molar refractivity (Wildman–Crippen MR) is 111 cm³/mol. The highest BCUT2D eigenvalue weighted by Crippen LogP contribution is 2.18. The Hall–Kier alpha value is -2.60. The highest BCUT2D eigenvalue weighted by atomic mass is 35.5. The van der Waals surface area contributed by atoms with Gasteiger partial charge in [0.25, 0.3) is 5.91 Å². The van der Waals surface area contributed by atoms with Gasteiger partial charge in [-0.25, -0.2) is 4.39 Å². The van der Waals surface area contributed by atoms with Crippen molar-refractivity contribution in [3.63, 3.8) is 0 Å². The molecule has 0 saturated carbocycles. The minimum atomic E-state index is -0.714. The molecule has 156 valence electrons. The monoisotopic (exact) mass is 420 g/mol. The highest BCUT2D eigenvalue weighted by molar-refractivity contribution is 6.30. The smallest absolute Gasteiger partial charge is 0.261 e. The maximum atomic E-state index is 13.2. The maximum Gasteiger partial charge on any atom is 0.261 e. The van der Waals surface area contributed by atoms with E-state index in [-0.39, 0.29) is 30.8 Å². The van der Waals surface area contributed by atoms with E-state index < -0.39 is 6.04 Å². The van der Waals surface area contributed by atoms with Gasteiger partial charge in [-0.15, -0.1) is 0 Å². The lowest BCUT2D eigenvalue weighted by molar-refractivity contribution is -0.142. The molecule has 29 heavy (non-hydrogen) atoms. The number of rotatable bonds is 9. The summed E-state index contributed by atoms with van der Waals surface area (Å²) in [4.78, 5) is 26.8. The summed E-state index contributed by atoms with van der Waals surface area (Å²) in [5.74, 6) is -0.222. The first kappa shape index (κ1) is 22.7. The Morgan fingerprint density at radius 1 is 1.14 bits per heavy atom. The van der Waals surface area contributed by atoms with Gasteiger partial charge in [0.15, 0.2) is 6.61 Å². The van der Waals surface area contributed by atoms with Crippen molar-refractivity contribution < 1.29 is 18.7 Å². The fraction of sp³-hybridized carbons (Fsp3) is 0.364. The van der Waals surface area contributed by atoms with E-state index in [0.29, 0.717) is 28.8 Å².